The van der Waals surface area contributed by atoms with Crippen molar-refractivity contribution in [3.8, 4) is 11.5 Å². The second-order valence-corrected chi connectivity index (χ2v) is 12.0. The van der Waals surface area contributed by atoms with Crippen LogP contribution in [-0.2, 0) is 10.0 Å². The van der Waals surface area contributed by atoms with Gasteiger partial charge < -0.3 is 29.7 Å². The highest BCUT2D eigenvalue weighted by Crippen LogP contribution is 2.31. The highest BCUT2D eigenvalue weighted by atomic mass is 32.2. The Labute approximate surface area is 246 Å². The van der Waals surface area contributed by atoms with Crippen LogP contribution in [0.5, 0.6) is 11.5 Å². The van der Waals surface area contributed by atoms with Crippen molar-refractivity contribution in [3.05, 3.63) is 78.4 Å². The highest BCUT2D eigenvalue weighted by Gasteiger charge is 2.34. The Hall–Kier alpha value is -4.29. The van der Waals surface area contributed by atoms with Crippen molar-refractivity contribution in [1.82, 2.24) is 9.80 Å². The fourth-order valence-corrected chi connectivity index (χ4v) is 5.63. The first-order valence-corrected chi connectivity index (χ1v) is 15.0. The molecule has 3 aromatic carbocycles. The normalized spacial score (nSPS) is 17.6. The SMILES string of the molecule is COc1ccc(NC(=O)N(C)CC2Oc3ccc(NS(=O)(=O)c4ccccc4)cc3C(=O)N(C(C)CO)CC2C)cc1. The fraction of sp³-hybridized carbons (Fsp3) is 0.333. The lowest BCUT2D eigenvalue weighted by Crippen LogP contribution is -2.50. The molecule has 3 amide bonds. The number of nitrogens with one attached hydrogen (secondary N) is 2. The van der Waals surface area contributed by atoms with E-state index in [4.69, 9.17) is 9.47 Å². The molecule has 0 saturated carbocycles. The molecular formula is C30H36N4O7S. The number of sulfonamides is 1. The van der Waals surface area contributed by atoms with Crippen LogP contribution >= 0.6 is 0 Å². The van der Waals surface area contributed by atoms with E-state index in [0.29, 0.717) is 11.4 Å². The Morgan fingerprint density at radius 1 is 1.12 bits per heavy atom. The summed E-state index contributed by atoms with van der Waals surface area (Å²) in [6.07, 6.45) is -0.524. The molecule has 4 rings (SSSR count). The van der Waals surface area contributed by atoms with Crippen LogP contribution in [0, 0.1) is 5.92 Å². The van der Waals surface area contributed by atoms with Gasteiger partial charge >= 0.3 is 6.03 Å². The van der Waals surface area contributed by atoms with E-state index in [9.17, 15) is 23.1 Å². The van der Waals surface area contributed by atoms with Crippen molar-refractivity contribution in [2.75, 3.05) is 43.9 Å². The number of carbonyl (C=O) groups excluding carboxylic acids is 2. The van der Waals surface area contributed by atoms with Gasteiger partial charge in [-0.15, -0.1) is 0 Å². The first-order chi connectivity index (χ1) is 20.0. The van der Waals surface area contributed by atoms with Crippen molar-refractivity contribution in [3.63, 3.8) is 0 Å². The number of likely N-dealkylation sites (N-methyl/N-ethyl adjacent to an activating group) is 1. The zero-order valence-electron chi connectivity index (χ0n) is 24.0. The summed E-state index contributed by atoms with van der Waals surface area (Å²) >= 11 is 0. The maximum absolute atomic E-state index is 13.7. The molecule has 1 heterocycles. The summed E-state index contributed by atoms with van der Waals surface area (Å²) in [5.41, 5.74) is 0.932. The number of amides is 3. The van der Waals surface area contributed by atoms with Crippen LogP contribution in [0.15, 0.2) is 77.7 Å². The van der Waals surface area contributed by atoms with Gasteiger partial charge in [-0.25, -0.2) is 13.2 Å². The van der Waals surface area contributed by atoms with Gasteiger partial charge in [0.05, 0.1) is 36.8 Å². The minimum absolute atomic E-state index is 0.0830. The number of hydrogen-bond donors (Lipinski definition) is 3. The van der Waals surface area contributed by atoms with Crippen molar-refractivity contribution < 1.29 is 32.6 Å². The third-order valence-corrected chi connectivity index (χ3v) is 8.51. The zero-order chi connectivity index (χ0) is 30.4. The number of nitrogens with zero attached hydrogens (tertiary/aromatic N) is 2. The van der Waals surface area contributed by atoms with Crippen molar-refractivity contribution in [1.29, 1.82) is 0 Å². The first kappa shape index (κ1) is 30.7. The number of fused-ring (bicyclic) bond motifs is 1. The Bertz CT molecular complexity index is 1500. The van der Waals surface area contributed by atoms with Gasteiger partial charge in [-0.1, -0.05) is 25.1 Å². The van der Waals surface area contributed by atoms with Crippen molar-refractivity contribution in [2.45, 2.75) is 30.9 Å². The molecule has 1 aliphatic rings. The van der Waals surface area contributed by atoms with Crippen LogP contribution < -0.4 is 19.5 Å². The highest BCUT2D eigenvalue weighted by molar-refractivity contribution is 7.92. The lowest BCUT2D eigenvalue weighted by molar-refractivity contribution is 0.0371. The van der Waals surface area contributed by atoms with Gasteiger partial charge in [-0.3, -0.25) is 9.52 Å². The molecule has 0 radical (unpaired) electrons. The molecule has 42 heavy (non-hydrogen) atoms. The Morgan fingerprint density at radius 3 is 2.43 bits per heavy atom. The summed E-state index contributed by atoms with van der Waals surface area (Å²) in [6.45, 7) is 3.83. The summed E-state index contributed by atoms with van der Waals surface area (Å²) in [7, 11) is -0.684. The van der Waals surface area contributed by atoms with Crippen molar-refractivity contribution in [2.24, 2.45) is 5.92 Å². The lowest BCUT2D eigenvalue weighted by Gasteiger charge is -2.38. The van der Waals surface area contributed by atoms with Gasteiger partial charge in [-0.2, -0.15) is 0 Å². The molecule has 0 spiro atoms. The van der Waals surface area contributed by atoms with E-state index < -0.39 is 28.1 Å². The maximum atomic E-state index is 13.7. The van der Waals surface area contributed by atoms with Gasteiger partial charge in [-0.05, 0) is 61.5 Å². The summed E-state index contributed by atoms with van der Waals surface area (Å²) in [6, 6.07) is 18.5. The Morgan fingerprint density at radius 2 is 1.79 bits per heavy atom. The molecular weight excluding hydrogens is 560 g/mol. The zero-order valence-corrected chi connectivity index (χ0v) is 24.8. The molecule has 0 saturated heterocycles. The lowest BCUT2D eigenvalue weighted by atomic mass is 9.99. The first-order valence-electron chi connectivity index (χ1n) is 13.5. The van der Waals surface area contributed by atoms with Crippen molar-refractivity contribution >= 4 is 33.3 Å². The number of hydrogen-bond acceptors (Lipinski definition) is 7. The minimum atomic E-state index is -3.90. The molecule has 3 aromatic rings. The largest absolute Gasteiger partial charge is 0.497 e. The van der Waals surface area contributed by atoms with Crippen LogP contribution in [0.1, 0.15) is 24.2 Å². The average Bonchev–Trinajstić information content (AvgIpc) is 2.99. The topological polar surface area (TPSA) is 138 Å². The number of rotatable bonds is 9. The summed E-state index contributed by atoms with van der Waals surface area (Å²) in [5.74, 6) is 0.300. The van der Waals surface area contributed by atoms with E-state index >= 15 is 0 Å². The van der Waals surface area contributed by atoms with E-state index in [1.165, 1.54) is 29.2 Å². The number of benzene rings is 3. The molecule has 3 N–H and O–H groups in total. The monoisotopic (exact) mass is 596 g/mol. The number of anilines is 2. The van der Waals surface area contributed by atoms with E-state index in [-0.39, 0.29) is 53.5 Å². The number of methoxy groups -OCH3 is 1. The van der Waals surface area contributed by atoms with Gasteiger partial charge in [0.25, 0.3) is 15.9 Å². The summed E-state index contributed by atoms with van der Waals surface area (Å²) < 4.78 is 39.8. The Balaban J connectivity index is 1.59. The quantitative estimate of drug-likeness (QED) is 0.341. The molecule has 3 atom stereocenters. The third-order valence-electron chi connectivity index (χ3n) is 7.11. The van der Waals surface area contributed by atoms with Crippen LogP contribution in [0.2, 0.25) is 0 Å². The van der Waals surface area contributed by atoms with Gasteiger partial charge in [0.2, 0.25) is 0 Å². The van der Waals surface area contributed by atoms with Gasteiger partial charge in [0.15, 0.2) is 0 Å². The minimum Gasteiger partial charge on any atom is -0.497 e. The van der Waals surface area contributed by atoms with Crippen LogP contribution in [0.3, 0.4) is 0 Å². The number of carbonyl (C=O) groups is 2. The third kappa shape index (κ3) is 7.12. The number of aliphatic hydroxyl groups excluding tert-OH is 1. The Kier molecular flexibility index (Phi) is 9.59. The molecule has 3 unspecified atom stereocenters. The van der Waals surface area contributed by atoms with Crippen LogP contribution in [-0.4, -0.2) is 81.3 Å². The maximum Gasteiger partial charge on any atom is 0.321 e. The molecule has 12 heteroatoms. The number of aliphatic hydroxyl groups is 1. The molecule has 11 nitrogen and oxygen atoms in total. The predicted molar refractivity (Wildman–Crippen MR) is 159 cm³/mol. The fourth-order valence-electron chi connectivity index (χ4n) is 4.56. The second-order valence-electron chi connectivity index (χ2n) is 10.3. The average molecular weight is 597 g/mol. The van der Waals surface area contributed by atoms with Gasteiger partial charge in [0.1, 0.15) is 17.6 Å². The molecule has 0 aliphatic carbocycles. The second kappa shape index (κ2) is 13.1. The van der Waals surface area contributed by atoms with Crippen LogP contribution in [0.25, 0.3) is 0 Å². The molecule has 0 bridgehead atoms. The smallest absolute Gasteiger partial charge is 0.321 e. The van der Waals surface area contributed by atoms with E-state index in [2.05, 4.69) is 10.0 Å². The molecule has 0 fully saturated rings. The standard InChI is InChI=1S/C30H36N4O7S/c1-20-17-34(21(2)19-35)29(36)26-16-23(32-42(38,39)25-8-6-5-7-9-25)12-15-27(26)41-28(20)18-33(3)30(37)31-22-10-13-24(40-4)14-11-22/h5-16,20-21,28,32,35H,17-19H2,1-4H3,(H,31,37). The van der Waals surface area contributed by atoms with Crippen LogP contribution in [0.4, 0.5) is 16.2 Å². The van der Waals surface area contributed by atoms with E-state index in [1.54, 1.807) is 74.5 Å². The van der Waals surface area contributed by atoms with Gasteiger partial charge in [0, 0.05) is 30.9 Å². The molecule has 1 aliphatic heterocycles. The molecule has 0 aromatic heterocycles. The molecule has 224 valence electrons. The van der Waals surface area contributed by atoms with E-state index in [1.807, 2.05) is 6.92 Å². The number of urea groups is 1. The predicted octanol–water partition coefficient (Wildman–Crippen LogP) is 3.88. The summed E-state index contributed by atoms with van der Waals surface area (Å²) in [4.78, 5) is 29.8. The summed E-state index contributed by atoms with van der Waals surface area (Å²) in [5, 5.41) is 12.7. The van der Waals surface area contributed by atoms with E-state index in [0.717, 1.165) is 0 Å². The number of ether oxygens (including phenoxy) is 2.